The van der Waals surface area contributed by atoms with E-state index < -0.39 is 88.9 Å². The first-order valence-corrected chi connectivity index (χ1v) is 23.1. The highest BCUT2D eigenvalue weighted by Crippen LogP contribution is 2.46. The third kappa shape index (κ3) is 10.8. The third-order valence-electron chi connectivity index (χ3n) is 9.29. The van der Waals surface area contributed by atoms with Gasteiger partial charge in [-0.1, -0.05) is 4.21 Å². The molecule has 26 nitrogen and oxygen atoms in total. The van der Waals surface area contributed by atoms with Gasteiger partial charge in [0.2, 0.25) is 17.0 Å². The van der Waals surface area contributed by atoms with Crippen LogP contribution in [0.4, 0.5) is 34.1 Å². The maximum atomic E-state index is 12.8. The molecule has 68 heavy (non-hydrogen) atoms. The number of primary amides is 1. The number of aliphatic hydroxyl groups excluding tert-OH is 2. The lowest BCUT2D eigenvalue weighted by atomic mass is 10.1. The Bertz CT molecular complexity index is 3310. The van der Waals surface area contributed by atoms with Gasteiger partial charge >= 0.3 is 0 Å². The number of carbonyl (C=O) groups excluding carboxylic acids is 1. The van der Waals surface area contributed by atoms with Crippen LogP contribution in [0.1, 0.15) is 16.1 Å². The normalized spacial score (nSPS) is 12.6. The minimum atomic E-state index is -5.23. The molecule has 6 rings (SSSR count). The Morgan fingerprint density at radius 1 is 0.721 bits per heavy atom. The van der Waals surface area contributed by atoms with Gasteiger partial charge in [-0.3, -0.25) is 13.9 Å². The number of hydrogen-bond acceptors (Lipinski definition) is 21. The molecule has 0 spiro atoms. The Labute approximate surface area is 386 Å². The lowest BCUT2D eigenvalue weighted by Crippen LogP contribution is -2.12. The monoisotopic (exact) mass is 1000 g/mol. The average molecular weight is 1000 g/mol. The molecule has 1 unspecified atom stereocenters. The van der Waals surface area contributed by atoms with Gasteiger partial charge in [0.15, 0.2) is 27.8 Å². The van der Waals surface area contributed by atoms with Crippen molar-refractivity contribution in [2.45, 2.75) is 21.6 Å². The molecule has 0 aliphatic heterocycles. The van der Waals surface area contributed by atoms with Crippen LogP contribution in [-0.4, -0.2) is 107 Å². The number of aromatic hydroxyl groups is 2. The van der Waals surface area contributed by atoms with Crippen LogP contribution in [0.25, 0.3) is 16.5 Å². The number of phenolic OH excluding ortho intramolecular Hbond substituents is 1. The van der Waals surface area contributed by atoms with Crippen LogP contribution in [-0.2, 0) is 35.5 Å². The van der Waals surface area contributed by atoms with Crippen molar-refractivity contribution in [3.8, 4) is 40.3 Å². The lowest BCUT2D eigenvalue weighted by Gasteiger charge is -2.13. The zero-order chi connectivity index (χ0) is 49.7. The van der Waals surface area contributed by atoms with E-state index in [1.165, 1.54) is 63.6 Å². The van der Waals surface area contributed by atoms with Crippen LogP contribution in [0.5, 0.6) is 34.6 Å². The number of aliphatic hydroxyl groups is 2. The summed E-state index contributed by atoms with van der Waals surface area (Å²) in [5.41, 5.74) is 3.24. The molecule has 0 bridgehead atoms. The standard InChI is InChI=1S/C39H37N9O17S3/c1-19-12-25(28(63-3)18-31(19)66(54)55)43-46-36-35(38(40)52)47-48(39(36)53)21-4-6-23-20(13-21)14-33(68(59,60)61)34(37(23)51)45-44-27-17-29(64-10-8-49)26(16-30(27)65-11-9-50)42-41-24-7-5-22(62-2)15-32(24)67(56,57)58/h4-7,12-18,49-51,53H,8-11H2,1-3H3,(H2,40,52)(H,54,55)(H,56,57,58)(H,59,60,61)/p+1. The van der Waals surface area contributed by atoms with E-state index in [2.05, 4.69) is 35.8 Å². The van der Waals surface area contributed by atoms with Crippen LogP contribution in [0.15, 0.2) is 112 Å². The molecule has 6 aromatic rings. The first-order chi connectivity index (χ1) is 32.2. The van der Waals surface area contributed by atoms with Crippen molar-refractivity contribution in [2.24, 2.45) is 36.4 Å². The quantitative estimate of drug-likeness (QED) is 0.0203. The van der Waals surface area contributed by atoms with Gasteiger partial charge in [-0.25, -0.2) is 0 Å². The van der Waals surface area contributed by atoms with E-state index in [0.29, 0.717) is 5.56 Å². The number of rotatable bonds is 19. The molecule has 1 heterocycles. The van der Waals surface area contributed by atoms with Crippen molar-refractivity contribution in [1.82, 2.24) is 9.78 Å². The van der Waals surface area contributed by atoms with Gasteiger partial charge in [0.25, 0.3) is 26.1 Å². The number of amides is 1. The summed E-state index contributed by atoms with van der Waals surface area (Å²) in [5.74, 6) is -3.06. The molecule has 358 valence electrons. The van der Waals surface area contributed by atoms with Crippen molar-refractivity contribution in [1.29, 1.82) is 0 Å². The number of aryl methyl sites for hydroxylation is 1. The second-order valence-electron chi connectivity index (χ2n) is 13.7. The fourth-order valence-electron chi connectivity index (χ4n) is 6.18. The number of benzene rings is 5. The maximum Gasteiger partial charge on any atom is 0.296 e. The Hall–Kier alpha value is -7.51. The first-order valence-electron chi connectivity index (χ1n) is 19.0. The molecule has 9 N–H and O–H groups in total. The fourth-order valence-corrected chi connectivity index (χ4v) is 8.07. The number of azo groups is 3. The Morgan fingerprint density at radius 2 is 1.29 bits per heavy atom. The van der Waals surface area contributed by atoms with E-state index in [0.717, 1.165) is 28.9 Å². The van der Waals surface area contributed by atoms with Crippen LogP contribution in [0.3, 0.4) is 0 Å². The zero-order valence-corrected chi connectivity index (χ0v) is 37.8. The second-order valence-corrected chi connectivity index (χ2v) is 17.5. The SMILES string of the molecule is COc1ccc(N=Nc2cc(OCCO)c(N=Nc3c(S(=O)(=O)O)cc4cc(-n5nc(C(N)=O)c(N=Nc6cc(C)c([SH+](=O)O)cc6OC)c5O)ccc4c3O)cc2OCCO)c(S(=O)(=O)O)c1. The molecule has 0 aliphatic carbocycles. The van der Waals surface area contributed by atoms with E-state index in [4.69, 9.17) is 24.7 Å². The summed E-state index contributed by atoms with van der Waals surface area (Å²) < 4.78 is 114. The summed E-state index contributed by atoms with van der Waals surface area (Å²) in [6, 6.07) is 13.1. The van der Waals surface area contributed by atoms with Crippen LogP contribution >= 0.6 is 0 Å². The molecular formula is C39H38N9O17S3+. The maximum absolute atomic E-state index is 12.8. The van der Waals surface area contributed by atoms with Gasteiger partial charge in [-0.05, 0) is 54.8 Å². The van der Waals surface area contributed by atoms with E-state index in [9.17, 15) is 59.9 Å². The number of fused-ring (bicyclic) bond motifs is 1. The Kier molecular flexibility index (Phi) is 15.1. The summed E-state index contributed by atoms with van der Waals surface area (Å²) in [4.78, 5) is 10.9. The van der Waals surface area contributed by atoms with Gasteiger partial charge in [0.1, 0.15) is 68.7 Å². The van der Waals surface area contributed by atoms with Crippen molar-refractivity contribution < 1.29 is 78.9 Å². The van der Waals surface area contributed by atoms with E-state index in [1.807, 2.05) is 0 Å². The van der Waals surface area contributed by atoms with E-state index >= 15 is 0 Å². The molecule has 0 saturated carbocycles. The summed E-state index contributed by atoms with van der Waals surface area (Å²) in [5, 5.41) is 69.5. The summed E-state index contributed by atoms with van der Waals surface area (Å²) in [6.07, 6.45) is 0. The van der Waals surface area contributed by atoms with Crippen LogP contribution in [0.2, 0.25) is 0 Å². The minimum Gasteiger partial charge on any atom is -0.505 e. The molecule has 5 aromatic carbocycles. The highest BCUT2D eigenvalue weighted by Gasteiger charge is 2.27. The molecule has 0 fully saturated rings. The number of aromatic nitrogens is 2. The van der Waals surface area contributed by atoms with Gasteiger partial charge in [0.05, 0.1) is 33.1 Å². The topological polar surface area (TPSA) is 399 Å². The Balaban J connectivity index is 1.43. The molecule has 1 amide bonds. The first kappa shape index (κ1) is 49.9. The number of nitrogens with zero attached hydrogens (tertiary/aromatic N) is 8. The van der Waals surface area contributed by atoms with E-state index in [-0.39, 0.29) is 80.3 Å². The van der Waals surface area contributed by atoms with Crippen molar-refractivity contribution in [2.75, 3.05) is 40.6 Å². The number of methoxy groups -OCH3 is 2. The Morgan fingerprint density at radius 3 is 1.84 bits per heavy atom. The molecule has 0 radical (unpaired) electrons. The second kappa shape index (κ2) is 20.6. The number of nitrogens with two attached hydrogens (primary N) is 1. The summed E-state index contributed by atoms with van der Waals surface area (Å²) in [6.45, 7) is -0.177. The van der Waals surface area contributed by atoms with Gasteiger partial charge < -0.3 is 45.1 Å². The number of phenols is 1. The van der Waals surface area contributed by atoms with Crippen LogP contribution < -0.4 is 24.7 Å². The average Bonchev–Trinajstić information content (AvgIpc) is 3.63. The van der Waals surface area contributed by atoms with Crippen molar-refractivity contribution >= 4 is 82.1 Å². The summed E-state index contributed by atoms with van der Waals surface area (Å²) in [7, 11) is -7.52. The fraction of sp³-hybridized carbons (Fsp3) is 0.179. The smallest absolute Gasteiger partial charge is 0.296 e. The number of carbonyl (C=O) groups is 1. The van der Waals surface area contributed by atoms with Gasteiger partial charge in [-0.2, -0.15) is 31.2 Å². The van der Waals surface area contributed by atoms with Gasteiger partial charge in [-0.15, -0.1) is 30.7 Å². The molecule has 1 aromatic heterocycles. The largest absolute Gasteiger partial charge is 0.505 e. The van der Waals surface area contributed by atoms with Crippen molar-refractivity contribution in [3.05, 3.63) is 78.0 Å². The number of hydrogen-bond donors (Lipinski definition) is 8. The van der Waals surface area contributed by atoms with Crippen LogP contribution in [0, 0.1) is 6.92 Å². The molecule has 1 atom stereocenters. The molecule has 0 saturated heterocycles. The molecule has 29 heteroatoms. The predicted octanol–water partition coefficient (Wildman–Crippen LogP) is 5.87. The predicted molar refractivity (Wildman–Crippen MR) is 238 cm³/mol. The highest BCUT2D eigenvalue weighted by molar-refractivity contribution is 7.86. The lowest BCUT2D eigenvalue weighted by molar-refractivity contribution is 0.0995. The minimum absolute atomic E-state index is 0.0254. The number of ether oxygens (including phenoxy) is 4. The van der Waals surface area contributed by atoms with E-state index in [1.54, 1.807) is 0 Å². The number of thiol groups is 1. The zero-order valence-electron chi connectivity index (χ0n) is 35.3. The third-order valence-corrected chi connectivity index (χ3v) is 11.9. The van der Waals surface area contributed by atoms with Gasteiger partial charge in [0, 0.05) is 35.2 Å². The highest BCUT2D eigenvalue weighted by atomic mass is 32.2. The summed E-state index contributed by atoms with van der Waals surface area (Å²) >= 11 is -2.74. The molecular weight excluding hydrogens is 963 g/mol. The van der Waals surface area contributed by atoms with Crippen molar-refractivity contribution in [3.63, 3.8) is 0 Å². The molecule has 0 aliphatic rings.